The molecule has 6 heteroatoms. The minimum Gasteiger partial charge on any atom is -0.482 e. The summed E-state index contributed by atoms with van der Waals surface area (Å²) in [5, 5.41) is 9.31. The molecule has 1 aliphatic heterocycles. The highest BCUT2D eigenvalue weighted by molar-refractivity contribution is 5.68. The van der Waals surface area contributed by atoms with E-state index < -0.39 is 24.8 Å². The van der Waals surface area contributed by atoms with E-state index >= 15 is 0 Å². The molecule has 0 saturated carbocycles. The van der Waals surface area contributed by atoms with Gasteiger partial charge in [0.1, 0.15) is 23.1 Å². The fourth-order valence-corrected chi connectivity index (χ4v) is 5.30. The summed E-state index contributed by atoms with van der Waals surface area (Å²) < 4.78 is 32.7. The standard InChI is InChI=1S/C34H31FO5/c1-22(2)28-20-29(23-9-5-3-6-10-23)33(24-13-15-25(35)16-14-24)40-34(28)30-19-27(39-26-11-7-4-8-12-26)17-18-31(30)38-21-32(36)37/h3-19,28-29,33-34H,1,20-21H2,2H3,(H,36,37)/t28-,29-,33+,34+/m1/s1. The molecule has 1 aliphatic rings. The summed E-state index contributed by atoms with van der Waals surface area (Å²) in [4.78, 5) is 11.4. The molecule has 4 aromatic rings. The van der Waals surface area contributed by atoms with E-state index in [-0.39, 0.29) is 17.7 Å². The first-order valence-electron chi connectivity index (χ1n) is 13.2. The summed E-state index contributed by atoms with van der Waals surface area (Å²) in [7, 11) is 0. The number of carboxylic acids is 1. The van der Waals surface area contributed by atoms with Gasteiger partial charge in [0.05, 0.1) is 12.2 Å². The molecule has 0 amide bonds. The largest absolute Gasteiger partial charge is 0.482 e. The third-order valence-electron chi connectivity index (χ3n) is 7.21. The Hall–Kier alpha value is -4.42. The van der Waals surface area contributed by atoms with Gasteiger partial charge >= 0.3 is 5.97 Å². The van der Waals surface area contributed by atoms with Crippen LogP contribution >= 0.6 is 0 Å². The Labute approximate surface area is 233 Å². The fraction of sp³-hybridized carbons (Fsp3) is 0.206. The van der Waals surface area contributed by atoms with E-state index in [1.165, 1.54) is 12.1 Å². The van der Waals surface area contributed by atoms with Crippen LogP contribution < -0.4 is 9.47 Å². The van der Waals surface area contributed by atoms with Crippen molar-refractivity contribution in [3.8, 4) is 17.2 Å². The van der Waals surface area contributed by atoms with E-state index in [9.17, 15) is 14.3 Å². The van der Waals surface area contributed by atoms with Crippen molar-refractivity contribution >= 4 is 5.97 Å². The van der Waals surface area contributed by atoms with Gasteiger partial charge in [0.2, 0.25) is 0 Å². The number of aliphatic carboxylic acids is 1. The van der Waals surface area contributed by atoms with Crippen LogP contribution in [0.1, 0.15) is 48.2 Å². The second-order valence-electron chi connectivity index (χ2n) is 10.0. The van der Waals surface area contributed by atoms with Gasteiger partial charge in [0, 0.05) is 17.4 Å². The monoisotopic (exact) mass is 538 g/mol. The molecule has 4 aromatic carbocycles. The van der Waals surface area contributed by atoms with Crippen LogP contribution in [0.5, 0.6) is 17.2 Å². The quantitative estimate of drug-likeness (QED) is 0.217. The van der Waals surface area contributed by atoms with Crippen LogP contribution in [0.3, 0.4) is 0 Å². The third kappa shape index (κ3) is 6.24. The fourth-order valence-electron chi connectivity index (χ4n) is 5.30. The minimum absolute atomic E-state index is 0.0169. The summed E-state index contributed by atoms with van der Waals surface area (Å²) in [6, 6.07) is 31.2. The molecule has 1 N–H and O–H groups in total. The SMILES string of the molecule is C=C(C)[C@H]1C[C@H](c2ccccc2)[C@H](c2ccc(F)cc2)O[C@@H]1c1cc(Oc2ccccc2)ccc1OCC(=O)O. The Morgan fingerprint density at radius 2 is 1.57 bits per heavy atom. The molecule has 204 valence electrons. The van der Waals surface area contributed by atoms with E-state index in [1.807, 2.05) is 61.5 Å². The number of para-hydroxylation sites is 1. The van der Waals surface area contributed by atoms with Crippen LogP contribution in [0.2, 0.25) is 0 Å². The van der Waals surface area contributed by atoms with Crippen LogP contribution in [0.15, 0.2) is 115 Å². The number of benzene rings is 4. The lowest BCUT2D eigenvalue weighted by atomic mass is 9.74. The van der Waals surface area contributed by atoms with Gasteiger partial charge in [0.15, 0.2) is 6.61 Å². The van der Waals surface area contributed by atoms with Gasteiger partial charge in [-0.1, -0.05) is 72.8 Å². The van der Waals surface area contributed by atoms with Crippen molar-refractivity contribution in [3.05, 3.63) is 138 Å². The highest BCUT2D eigenvalue weighted by Crippen LogP contribution is 2.53. The van der Waals surface area contributed by atoms with Crippen molar-refractivity contribution in [3.63, 3.8) is 0 Å². The van der Waals surface area contributed by atoms with Gasteiger partial charge in [-0.3, -0.25) is 0 Å². The molecular weight excluding hydrogens is 507 g/mol. The van der Waals surface area contributed by atoms with Gasteiger partial charge in [-0.15, -0.1) is 0 Å². The molecule has 4 atom stereocenters. The molecular formula is C34H31FO5. The molecule has 0 unspecified atom stereocenters. The Morgan fingerprint density at radius 1 is 0.900 bits per heavy atom. The van der Waals surface area contributed by atoms with E-state index in [0.29, 0.717) is 29.2 Å². The lowest BCUT2D eigenvalue weighted by Crippen LogP contribution is -2.32. The molecule has 1 fully saturated rings. The number of rotatable bonds is 9. The van der Waals surface area contributed by atoms with Crippen molar-refractivity contribution in [2.75, 3.05) is 6.61 Å². The van der Waals surface area contributed by atoms with E-state index in [0.717, 1.165) is 16.7 Å². The molecule has 5 nitrogen and oxygen atoms in total. The molecule has 1 saturated heterocycles. The topological polar surface area (TPSA) is 65.0 Å². The molecule has 0 aliphatic carbocycles. The van der Waals surface area contributed by atoms with Crippen molar-refractivity contribution < 1.29 is 28.5 Å². The third-order valence-corrected chi connectivity index (χ3v) is 7.21. The Morgan fingerprint density at radius 3 is 2.23 bits per heavy atom. The molecule has 40 heavy (non-hydrogen) atoms. The maximum atomic E-state index is 13.9. The molecule has 0 bridgehead atoms. The molecule has 0 spiro atoms. The zero-order chi connectivity index (χ0) is 28.1. The maximum Gasteiger partial charge on any atom is 0.341 e. The summed E-state index contributed by atoms with van der Waals surface area (Å²) in [6.45, 7) is 5.77. The van der Waals surface area contributed by atoms with Crippen LogP contribution in [0.4, 0.5) is 4.39 Å². The highest BCUT2D eigenvalue weighted by atomic mass is 19.1. The van der Waals surface area contributed by atoms with Crippen LogP contribution in [-0.4, -0.2) is 17.7 Å². The van der Waals surface area contributed by atoms with Gasteiger partial charge in [-0.2, -0.15) is 0 Å². The number of hydrogen-bond acceptors (Lipinski definition) is 4. The smallest absolute Gasteiger partial charge is 0.341 e. The van der Waals surface area contributed by atoms with E-state index in [4.69, 9.17) is 14.2 Å². The summed E-state index contributed by atoms with van der Waals surface area (Å²) in [5.74, 6) is 0.110. The molecule has 1 heterocycles. The lowest BCUT2D eigenvalue weighted by Gasteiger charge is -2.43. The average molecular weight is 539 g/mol. The zero-order valence-corrected chi connectivity index (χ0v) is 22.2. The van der Waals surface area contributed by atoms with E-state index in [2.05, 4.69) is 18.7 Å². The number of halogens is 1. The number of carbonyl (C=O) groups is 1. The Balaban J connectivity index is 1.59. The van der Waals surface area contributed by atoms with Crippen molar-refractivity contribution in [1.82, 2.24) is 0 Å². The normalized spacial score (nSPS) is 20.4. The molecule has 5 rings (SSSR count). The predicted octanol–water partition coefficient (Wildman–Crippen LogP) is 8.26. The maximum absolute atomic E-state index is 13.9. The number of carboxylic acid groups (broad SMARTS) is 1. The number of hydrogen-bond donors (Lipinski definition) is 1. The van der Waals surface area contributed by atoms with Crippen LogP contribution in [-0.2, 0) is 9.53 Å². The second kappa shape index (κ2) is 12.2. The summed E-state index contributed by atoms with van der Waals surface area (Å²) in [6.07, 6.45) is -0.195. The first-order valence-corrected chi connectivity index (χ1v) is 13.2. The minimum atomic E-state index is -1.08. The van der Waals surface area contributed by atoms with Crippen molar-refractivity contribution in [2.45, 2.75) is 31.5 Å². The highest BCUT2D eigenvalue weighted by Gasteiger charge is 2.41. The zero-order valence-electron chi connectivity index (χ0n) is 22.2. The van der Waals surface area contributed by atoms with Crippen LogP contribution in [0, 0.1) is 11.7 Å². The summed E-state index contributed by atoms with van der Waals surface area (Å²) >= 11 is 0. The second-order valence-corrected chi connectivity index (χ2v) is 10.0. The Kier molecular flexibility index (Phi) is 8.27. The lowest BCUT2D eigenvalue weighted by molar-refractivity contribution is -0.139. The van der Waals surface area contributed by atoms with E-state index in [1.54, 1.807) is 24.3 Å². The molecule has 0 radical (unpaired) electrons. The first-order chi connectivity index (χ1) is 19.4. The van der Waals surface area contributed by atoms with Gasteiger partial charge < -0.3 is 19.3 Å². The molecule has 0 aromatic heterocycles. The average Bonchev–Trinajstić information content (AvgIpc) is 2.97. The van der Waals surface area contributed by atoms with Crippen molar-refractivity contribution in [1.29, 1.82) is 0 Å². The van der Waals surface area contributed by atoms with Gasteiger partial charge in [-0.25, -0.2) is 9.18 Å². The van der Waals surface area contributed by atoms with Crippen molar-refractivity contribution in [2.24, 2.45) is 5.92 Å². The Bertz CT molecular complexity index is 1450. The van der Waals surface area contributed by atoms with Gasteiger partial charge in [-0.05, 0) is 66.9 Å². The van der Waals surface area contributed by atoms with Crippen LogP contribution in [0.25, 0.3) is 0 Å². The predicted molar refractivity (Wildman–Crippen MR) is 151 cm³/mol. The van der Waals surface area contributed by atoms with Gasteiger partial charge in [0.25, 0.3) is 0 Å². The first kappa shape index (κ1) is 27.2. The summed E-state index contributed by atoms with van der Waals surface area (Å²) in [5.41, 5.74) is 3.57. The number of ether oxygens (including phenoxy) is 3.